The highest BCUT2D eigenvalue weighted by Gasteiger charge is 2.20. The van der Waals surface area contributed by atoms with Crippen molar-refractivity contribution in [3.63, 3.8) is 0 Å². The average Bonchev–Trinajstić information content (AvgIpc) is 2.10. The second-order valence-electron chi connectivity index (χ2n) is 4.61. The lowest BCUT2D eigenvalue weighted by molar-refractivity contribution is 0.530. The summed E-state index contributed by atoms with van der Waals surface area (Å²) in [5, 5.41) is 0. The fraction of sp³-hybridized carbons (Fsp3) is 0.455. The van der Waals surface area contributed by atoms with Crippen molar-refractivity contribution >= 4 is 5.70 Å². The summed E-state index contributed by atoms with van der Waals surface area (Å²) >= 11 is 0. The first-order chi connectivity index (χ1) is 6.75. The molecule has 0 aliphatic heterocycles. The molecule has 0 amide bonds. The third-order valence-corrected chi connectivity index (χ3v) is 2.29. The average molecular weight is 208 g/mol. The molecule has 0 fully saturated rings. The Morgan fingerprint density at radius 2 is 1.93 bits per heavy atom. The van der Waals surface area contributed by atoms with Crippen LogP contribution >= 0.6 is 0 Å². The molecule has 0 saturated carbocycles. The number of allylic oxidation sites excluding steroid dienone is 1. The van der Waals surface area contributed by atoms with Gasteiger partial charge in [0.15, 0.2) is 0 Å². The van der Waals surface area contributed by atoms with E-state index < -0.39 is 5.69 Å². The van der Waals surface area contributed by atoms with Gasteiger partial charge in [0.25, 0.3) is 5.56 Å². The number of rotatable bonds is 1. The van der Waals surface area contributed by atoms with Gasteiger partial charge >= 0.3 is 5.69 Å². The smallest absolute Gasteiger partial charge is 0.313 e. The van der Waals surface area contributed by atoms with Crippen LogP contribution in [-0.4, -0.2) is 9.55 Å². The SMILES string of the molecule is C=C(n1c(=O)[nH]cc(C)c1=O)C(C)(C)C. The van der Waals surface area contributed by atoms with Crippen LogP contribution in [0.15, 0.2) is 22.4 Å². The van der Waals surface area contributed by atoms with E-state index in [2.05, 4.69) is 11.6 Å². The Morgan fingerprint density at radius 3 is 2.40 bits per heavy atom. The maximum atomic E-state index is 11.8. The highest BCUT2D eigenvalue weighted by molar-refractivity contribution is 5.47. The van der Waals surface area contributed by atoms with Crippen LogP contribution in [0.2, 0.25) is 0 Å². The van der Waals surface area contributed by atoms with Gasteiger partial charge in [-0.3, -0.25) is 4.79 Å². The Balaban J connectivity index is 3.52. The second kappa shape index (κ2) is 3.53. The second-order valence-corrected chi connectivity index (χ2v) is 4.61. The van der Waals surface area contributed by atoms with Crippen molar-refractivity contribution in [2.75, 3.05) is 0 Å². The normalized spacial score (nSPS) is 11.5. The minimum atomic E-state index is -0.439. The Bertz CT molecular complexity index is 501. The van der Waals surface area contributed by atoms with Crippen LogP contribution in [0.3, 0.4) is 0 Å². The number of hydrogen-bond donors (Lipinski definition) is 1. The van der Waals surface area contributed by atoms with Crippen LogP contribution < -0.4 is 11.2 Å². The number of aryl methyl sites for hydroxylation is 1. The van der Waals surface area contributed by atoms with Crippen LogP contribution in [0, 0.1) is 12.3 Å². The first kappa shape index (κ1) is 11.5. The lowest BCUT2D eigenvalue weighted by Crippen LogP contribution is -2.38. The van der Waals surface area contributed by atoms with Gasteiger partial charge in [-0.1, -0.05) is 27.4 Å². The molecule has 15 heavy (non-hydrogen) atoms. The molecule has 1 heterocycles. The molecule has 1 aromatic rings. The molecule has 0 aliphatic rings. The van der Waals surface area contributed by atoms with E-state index in [4.69, 9.17) is 0 Å². The Hall–Kier alpha value is -1.58. The van der Waals surface area contributed by atoms with Crippen molar-refractivity contribution < 1.29 is 0 Å². The molecule has 82 valence electrons. The Labute approximate surface area is 88.3 Å². The molecule has 0 spiro atoms. The molecular weight excluding hydrogens is 192 g/mol. The fourth-order valence-corrected chi connectivity index (χ4v) is 1.15. The minimum Gasteiger partial charge on any atom is -0.313 e. The summed E-state index contributed by atoms with van der Waals surface area (Å²) in [6.07, 6.45) is 1.41. The summed E-state index contributed by atoms with van der Waals surface area (Å²) in [7, 11) is 0. The summed E-state index contributed by atoms with van der Waals surface area (Å²) < 4.78 is 1.09. The number of hydrogen-bond acceptors (Lipinski definition) is 2. The quantitative estimate of drug-likeness (QED) is 0.757. The Morgan fingerprint density at radius 1 is 1.40 bits per heavy atom. The molecule has 0 aliphatic carbocycles. The fourth-order valence-electron chi connectivity index (χ4n) is 1.15. The summed E-state index contributed by atoms with van der Waals surface area (Å²) in [6.45, 7) is 11.2. The molecule has 4 nitrogen and oxygen atoms in total. The van der Waals surface area contributed by atoms with Crippen LogP contribution in [0.5, 0.6) is 0 Å². The number of H-pyrrole nitrogens is 1. The zero-order chi connectivity index (χ0) is 11.8. The van der Waals surface area contributed by atoms with Crippen LogP contribution in [0.1, 0.15) is 26.3 Å². The third-order valence-electron chi connectivity index (χ3n) is 2.29. The van der Waals surface area contributed by atoms with E-state index in [1.54, 1.807) is 6.92 Å². The molecule has 0 radical (unpaired) electrons. The largest absolute Gasteiger partial charge is 0.332 e. The van der Waals surface area contributed by atoms with E-state index in [0.29, 0.717) is 11.3 Å². The molecule has 0 unspecified atom stereocenters. The van der Waals surface area contributed by atoms with Crippen LogP contribution in [0.4, 0.5) is 0 Å². The van der Waals surface area contributed by atoms with E-state index in [1.165, 1.54) is 6.20 Å². The summed E-state index contributed by atoms with van der Waals surface area (Å²) in [6, 6.07) is 0. The zero-order valence-corrected chi connectivity index (χ0v) is 9.55. The van der Waals surface area contributed by atoms with Crippen molar-refractivity contribution in [2.24, 2.45) is 5.41 Å². The predicted octanol–water partition coefficient (Wildman–Crippen LogP) is 1.36. The summed E-state index contributed by atoms with van der Waals surface area (Å²) in [5.74, 6) is 0. The van der Waals surface area contributed by atoms with Gasteiger partial charge in [-0.2, -0.15) is 0 Å². The molecule has 0 atom stereocenters. The predicted molar refractivity (Wildman–Crippen MR) is 60.8 cm³/mol. The molecule has 1 rings (SSSR count). The molecular formula is C11H16N2O2. The molecule has 1 aromatic heterocycles. The maximum Gasteiger partial charge on any atom is 0.332 e. The van der Waals surface area contributed by atoms with E-state index >= 15 is 0 Å². The summed E-state index contributed by atoms with van der Waals surface area (Å²) in [5.41, 5.74) is -0.0633. The summed E-state index contributed by atoms with van der Waals surface area (Å²) in [4.78, 5) is 25.8. The van der Waals surface area contributed by atoms with E-state index in [9.17, 15) is 9.59 Å². The van der Waals surface area contributed by atoms with Crippen molar-refractivity contribution in [1.82, 2.24) is 9.55 Å². The van der Waals surface area contributed by atoms with Crippen molar-refractivity contribution in [2.45, 2.75) is 27.7 Å². The van der Waals surface area contributed by atoms with Gasteiger partial charge in [0.05, 0.1) is 0 Å². The lowest BCUT2D eigenvalue weighted by atomic mass is 9.93. The van der Waals surface area contributed by atoms with Gasteiger partial charge in [-0.05, 0) is 6.92 Å². The number of aromatic nitrogens is 2. The van der Waals surface area contributed by atoms with Gasteiger partial charge in [0.1, 0.15) is 0 Å². The highest BCUT2D eigenvalue weighted by Crippen LogP contribution is 2.25. The molecule has 0 saturated heterocycles. The van der Waals surface area contributed by atoms with Gasteiger partial charge in [0, 0.05) is 22.9 Å². The van der Waals surface area contributed by atoms with E-state index in [0.717, 1.165) is 4.57 Å². The van der Waals surface area contributed by atoms with E-state index in [1.807, 2.05) is 20.8 Å². The molecule has 0 bridgehead atoms. The maximum absolute atomic E-state index is 11.8. The standard InChI is InChI=1S/C11H16N2O2/c1-7-6-12-10(15)13(9(7)14)8(2)11(3,4)5/h6H,2H2,1,3-5H3,(H,12,15). The van der Waals surface area contributed by atoms with Gasteiger partial charge in [-0.15, -0.1) is 0 Å². The first-order valence-corrected chi connectivity index (χ1v) is 4.76. The Kier molecular flexibility index (Phi) is 2.71. The molecule has 0 aromatic carbocycles. The minimum absolute atomic E-state index is 0.307. The van der Waals surface area contributed by atoms with Crippen molar-refractivity contribution in [3.8, 4) is 0 Å². The highest BCUT2D eigenvalue weighted by atomic mass is 16.2. The van der Waals surface area contributed by atoms with Crippen LogP contribution in [-0.2, 0) is 0 Å². The number of aromatic amines is 1. The third kappa shape index (κ3) is 2.09. The molecule has 1 N–H and O–H groups in total. The zero-order valence-electron chi connectivity index (χ0n) is 9.55. The van der Waals surface area contributed by atoms with E-state index in [-0.39, 0.29) is 11.0 Å². The molecule has 4 heteroatoms. The van der Waals surface area contributed by atoms with Gasteiger partial charge < -0.3 is 4.98 Å². The first-order valence-electron chi connectivity index (χ1n) is 4.76. The number of nitrogens with zero attached hydrogens (tertiary/aromatic N) is 1. The van der Waals surface area contributed by atoms with Crippen LogP contribution in [0.25, 0.3) is 5.70 Å². The topological polar surface area (TPSA) is 54.9 Å². The van der Waals surface area contributed by atoms with Gasteiger partial charge in [0.2, 0.25) is 0 Å². The van der Waals surface area contributed by atoms with Crippen molar-refractivity contribution in [1.29, 1.82) is 0 Å². The lowest BCUT2D eigenvalue weighted by Gasteiger charge is -2.22. The van der Waals surface area contributed by atoms with Crippen molar-refractivity contribution in [3.05, 3.63) is 39.2 Å². The number of nitrogens with one attached hydrogen (secondary N) is 1. The monoisotopic (exact) mass is 208 g/mol. The van der Waals surface area contributed by atoms with Gasteiger partial charge in [-0.25, -0.2) is 9.36 Å².